The summed E-state index contributed by atoms with van der Waals surface area (Å²) in [7, 11) is 0. The second kappa shape index (κ2) is 13.5. The maximum absolute atomic E-state index is 6.25. The van der Waals surface area contributed by atoms with Crippen LogP contribution in [-0.2, 0) is 0 Å². The molecule has 0 heterocycles. The summed E-state index contributed by atoms with van der Waals surface area (Å²) in [6.07, 6.45) is 0. The Morgan fingerprint density at radius 2 is 1.48 bits per heavy atom. The molecule has 27 heavy (non-hydrogen) atoms. The minimum absolute atomic E-state index is 0.402. The van der Waals surface area contributed by atoms with Crippen molar-refractivity contribution in [2.75, 3.05) is 59.0 Å². The number of hydrogen-bond acceptors (Lipinski definition) is 4. The van der Waals surface area contributed by atoms with Gasteiger partial charge in [0.05, 0.1) is 6.04 Å². The Morgan fingerprint density at radius 1 is 0.889 bits per heavy atom. The highest BCUT2D eigenvalue weighted by atomic mass is 79.9. The van der Waals surface area contributed by atoms with Gasteiger partial charge in [-0.2, -0.15) is 0 Å². The van der Waals surface area contributed by atoms with Crippen LogP contribution < -0.4 is 4.74 Å². The minimum atomic E-state index is 0.402. The molecule has 156 valence electrons. The molecule has 0 amide bonds. The molecule has 0 saturated heterocycles. The molecule has 0 fully saturated rings. The number of halogens is 1. The van der Waals surface area contributed by atoms with Gasteiger partial charge in [0.1, 0.15) is 12.4 Å². The van der Waals surface area contributed by atoms with E-state index in [-0.39, 0.29) is 0 Å². The average Bonchev–Trinajstić information content (AvgIpc) is 2.67. The lowest BCUT2D eigenvalue weighted by Gasteiger charge is -2.34. The summed E-state index contributed by atoms with van der Waals surface area (Å²) in [5, 5.41) is 0. The van der Waals surface area contributed by atoms with Gasteiger partial charge < -0.3 is 14.5 Å². The molecule has 4 nitrogen and oxygen atoms in total. The van der Waals surface area contributed by atoms with Gasteiger partial charge in [-0.1, -0.05) is 50.5 Å². The number of benzene rings is 1. The second-order valence-corrected chi connectivity index (χ2v) is 7.93. The Morgan fingerprint density at radius 3 is 2.00 bits per heavy atom. The van der Waals surface area contributed by atoms with Crippen molar-refractivity contribution in [3.63, 3.8) is 0 Å². The Labute approximate surface area is 176 Å². The lowest BCUT2D eigenvalue weighted by molar-refractivity contribution is 0.0998. The first-order valence-corrected chi connectivity index (χ1v) is 11.4. The molecule has 0 aromatic heterocycles. The largest absolute Gasteiger partial charge is 0.492 e. The number of rotatable bonds is 14. The van der Waals surface area contributed by atoms with E-state index in [1.807, 2.05) is 0 Å². The fourth-order valence-electron chi connectivity index (χ4n) is 3.47. The van der Waals surface area contributed by atoms with Gasteiger partial charge in [0.25, 0.3) is 0 Å². The van der Waals surface area contributed by atoms with Crippen LogP contribution in [0.25, 0.3) is 0 Å². The van der Waals surface area contributed by atoms with E-state index in [9.17, 15) is 0 Å². The molecule has 1 aromatic rings. The molecule has 0 aliphatic carbocycles. The van der Waals surface area contributed by atoms with E-state index >= 15 is 0 Å². The normalized spacial score (nSPS) is 13.0. The van der Waals surface area contributed by atoms with Gasteiger partial charge in [-0.15, -0.1) is 0 Å². The number of likely N-dealkylation sites (N-methyl/N-ethyl adjacent to an activating group) is 3. The van der Waals surface area contributed by atoms with Gasteiger partial charge >= 0.3 is 0 Å². The van der Waals surface area contributed by atoms with Gasteiger partial charge in [-0.25, -0.2) is 0 Å². The Hall–Kier alpha value is -0.620. The Balaban J connectivity index is 2.74. The molecule has 1 aromatic carbocycles. The van der Waals surface area contributed by atoms with Crippen LogP contribution >= 0.6 is 15.9 Å². The summed E-state index contributed by atoms with van der Waals surface area (Å²) in [6, 6.07) is 6.64. The van der Waals surface area contributed by atoms with E-state index in [0.29, 0.717) is 6.04 Å². The molecule has 5 heteroatoms. The molecule has 0 N–H and O–H groups in total. The maximum Gasteiger partial charge on any atom is 0.122 e. The van der Waals surface area contributed by atoms with E-state index in [1.165, 1.54) is 5.56 Å². The molecule has 1 atom stereocenters. The van der Waals surface area contributed by atoms with Crippen LogP contribution in [0.1, 0.15) is 40.2 Å². The molecule has 0 aliphatic heterocycles. The fraction of sp³-hybridized carbons (Fsp3) is 0.727. The molecule has 0 spiro atoms. The van der Waals surface area contributed by atoms with Gasteiger partial charge in [-0.3, -0.25) is 4.90 Å². The summed E-state index contributed by atoms with van der Waals surface area (Å²) in [5.74, 6) is 0.988. The van der Waals surface area contributed by atoms with Gasteiger partial charge in [0, 0.05) is 24.1 Å². The van der Waals surface area contributed by atoms with Gasteiger partial charge in [-0.05, 0) is 63.4 Å². The van der Waals surface area contributed by atoms with Crippen LogP contribution in [0.2, 0.25) is 0 Å². The molecule has 0 saturated carbocycles. The SMILES string of the molecule is CCN(CC)CCN(CC)C[C@H](COc1ccc(Br)cc1C)N(CC)CC. The standard InChI is InChI=1S/C22H40BrN3O/c1-7-24(8-2)14-15-25(9-3)17-21(26(10-4)11-5)18-27-22-13-12-20(23)16-19(22)6/h12-13,16,21H,7-11,14-15,17-18H2,1-6H3/t21-/m1/s1. The zero-order chi connectivity index (χ0) is 20.2. The number of nitrogens with zero attached hydrogens (tertiary/aromatic N) is 3. The summed E-state index contributed by atoms with van der Waals surface area (Å²) in [5.41, 5.74) is 1.18. The Kier molecular flexibility index (Phi) is 12.2. The van der Waals surface area contributed by atoms with E-state index in [1.54, 1.807) is 0 Å². The van der Waals surface area contributed by atoms with Crippen molar-refractivity contribution in [2.24, 2.45) is 0 Å². The van der Waals surface area contributed by atoms with Crippen molar-refractivity contribution < 1.29 is 4.74 Å². The van der Waals surface area contributed by atoms with Crippen molar-refractivity contribution in [1.82, 2.24) is 14.7 Å². The lowest BCUT2D eigenvalue weighted by Crippen LogP contribution is -2.48. The predicted octanol–water partition coefficient (Wildman–Crippen LogP) is 4.51. The zero-order valence-electron chi connectivity index (χ0n) is 18.3. The first-order valence-electron chi connectivity index (χ1n) is 10.6. The maximum atomic E-state index is 6.25. The van der Waals surface area contributed by atoms with Crippen LogP contribution in [0, 0.1) is 6.92 Å². The third kappa shape index (κ3) is 8.51. The van der Waals surface area contributed by atoms with Crippen molar-refractivity contribution in [3.05, 3.63) is 28.2 Å². The highest BCUT2D eigenvalue weighted by molar-refractivity contribution is 9.10. The summed E-state index contributed by atoms with van der Waals surface area (Å²) in [6.45, 7) is 22.8. The Bertz CT molecular complexity index is 518. The summed E-state index contributed by atoms with van der Waals surface area (Å²) in [4.78, 5) is 7.59. The topological polar surface area (TPSA) is 19.0 Å². The molecular weight excluding hydrogens is 402 g/mol. The second-order valence-electron chi connectivity index (χ2n) is 7.02. The van der Waals surface area contributed by atoms with Crippen molar-refractivity contribution >= 4 is 15.9 Å². The number of aryl methyl sites for hydroxylation is 1. The van der Waals surface area contributed by atoms with Crippen LogP contribution in [0.4, 0.5) is 0 Å². The van der Waals surface area contributed by atoms with Crippen LogP contribution in [0.3, 0.4) is 0 Å². The molecule has 0 radical (unpaired) electrons. The smallest absolute Gasteiger partial charge is 0.122 e. The van der Waals surface area contributed by atoms with E-state index in [4.69, 9.17) is 4.74 Å². The van der Waals surface area contributed by atoms with Crippen LogP contribution in [0.15, 0.2) is 22.7 Å². The van der Waals surface area contributed by atoms with Gasteiger partial charge in [0.2, 0.25) is 0 Å². The van der Waals surface area contributed by atoms with E-state index in [2.05, 4.69) is 90.4 Å². The third-order valence-electron chi connectivity index (χ3n) is 5.44. The van der Waals surface area contributed by atoms with Crippen molar-refractivity contribution in [1.29, 1.82) is 0 Å². The first kappa shape index (κ1) is 24.4. The zero-order valence-corrected chi connectivity index (χ0v) is 19.9. The molecule has 0 unspecified atom stereocenters. The lowest BCUT2D eigenvalue weighted by atomic mass is 10.2. The summed E-state index contributed by atoms with van der Waals surface area (Å²) >= 11 is 3.53. The highest BCUT2D eigenvalue weighted by Gasteiger charge is 2.20. The molecule has 1 rings (SSSR count). The molecule has 0 aliphatic rings. The van der Waals surface area contributed by atoms with Crippen LogP contribution in [-0.4, -0.2) is 79.7 Å². The minimum Gasteiger partial charge on any atom is -0.492 e. The van der Waals surface area contributed by atoms with E-state index < -0.39 is 0 Å². The van der Waals surface area contributed by atoms with Gasteiger partial charge in [0.15, 0.2) is 0 Å². The first-order chi connectivity index (χ1) is 13.0. The predicted molar refractivity (Wildman–Crippen MR) is 121 cm³/mol. The van der Waals surface area contributed by atoms with Crippen LogP contribution in [0.5, 0.6) is 5.75 Å². The molecule has 0 bridgehead atoms. The number of hydrogen-bond donors (Lipinski definition) is 0. The fourth-order valence-corrected chi connectivity index (χ4v) is 3.95. The number of ether oxygens (including phenoxy) is 1. The van der Waals surface area contributed by atoms with Crippen molar-refractivity contribution in [3.8, 4) is 5.75 Å². The molecular formula is C22H40BrN3O. The highest BCUT2D eigenvalue weighted by Crippen LogP contribution is 2.22. The average molecular weight is 442 g/mol. The third-order valence-corrected chi connectivity index (χ3v) is 5.93. The summed E-state index contributed by atoms with van der Waals surface area (Å²) < 4.78 is 7.35. The monoisotopic (exact) mass is 441 g/mol. The quantitative estimate of drug-likeness (QED) is 0.422. The van der Waals surface area contributed by atoms with E-state index in [0.717, 1.165) is 69.2 Å². The van der Waals surface area contributed by atoms with Crippen molar-refractivity contribution in [2.45, 2.75) is 47.6 Å².